The Bertz CT molecular complexity index is 1670. The summed E-state index contributed by atoms with van der Waals surface area (Å²) < 4.78 is 46.2. The predicted octanol–water partition coefficient (Wildman–Crippen LogP) is 4.68. The first-order valence-electron chi connectivity index (χ1n) is 14.4. The number of carbonyl (C=O) groups is 1. The van der Waals surface area contributed by atoms with Crippen molar-refractivity contribution in [2.75, 3.05) is 40.0 Å². The van der Waals surface area contributed by atoms with E-state index in [0.717, 1.165) is 21.2 Å². The van der Waals surface area contributed by atoms with Gasteiger partial charge in [-0.1, -0.05) is 48.5 Å². The fraction of sp³-hybridized carbons (Fsp3) is 0.303. The highest BCUT2D eigenvalue weighted by molar-refractivity contribution is 7.89. The second-order valence-corrected chi connectivity index (χ2v) is 13.1. The Balaban J connectivity index is 1.28. The molecule has 1 aliphatic heterocycles. The second-order valence-electron chi connectivity index (χ2n) is 10.3. The molecule has 1 aromatic heterocycles. The van der Waals surface area contributed by atoms with Gasteiger partial charge in [-0.3, -0.25) is 4.79 Å². The van der Waals surface area contributed by atoms with E-state index in [1.165, 1.54) is 23.5 Å². The molecule has 11 heteroatoms. The Morgan fingerprint density at radius 3 is 2.55 bits per heavy atom. The van der Waals surface area contributed by atoms with E-state index in [1.54, 1.807) is 23.5 Å². The molecule has 2 N–H and O–H groups in total. The average Bonchev–Trinajstić information content (AvgIpc) is 3.49. The number of thiophene rings is 1. The maximum absolute atomic E-state index is 13.3. The summed E-state index contributed by atoms with van der Waals surface area (Å²) in [7, 11) is -2.39. The van der Waals surface area contributed by atoms with Gasteiger partial charge in [0.25, 0.3) is 5.91 Å². The van der Waals surface area contributed by atoms with Crippen molar-refractivity contribution in [1.82, 2.24) is 9.62 Å². The summed E-state index contributed by atoms with van der Waals surface area (Å²) in [5.41, 5.74) is 2.20. The van der Waals surface area contributed by atoms with Crippen LogP contribution in [0.3, 0.4) is 0 Å². The fourth-order valence-corrected chi connectivity index (χ4v) is 7.56. The fourth-order valence-electron chi connectivity index (χ4n) is 5.12. The highest BCUT2D eigenvalue weighted by Gasteiger charge is 2.31. The Hall–Kier alpha value is -3.74. The Labute approximate surface area is 261 Å². The van der Waals surface area contributed by atoms with E-state index in [9.17, 15) is 18.3 Å². The topological polar surface area (TPSA) is 114 Å². The van der Waals surface area contributed by atoms with Crippen molar-refractivity contribution in [3.05, 3.63) is 107 Å². The van der Waals surface area contributed by atoms with Crippen LogP contribution in [-0.4, -0.2) is 70.0 Å². The summed E-state index contributed by atoms with van der Waals surface area (Å²) in [6.45, 7) is -0.00986. The smallest absolute Gasteiger partial charge is 0.286 e. The lowest BCUT2D eigenvalue weighted by Gasteiger charge is -2.30. The lowest BCUT2D eigenvalue weighted by Crippen LogP contribution is -2.38. The third-order valence-corrected chi connectivity index (χ3v) is 10.3. The Morgan fingerprint density at radius 1 is 1.05 bits per heavy atom. The van der Waals surface area contributed by atoms with E-state index in [-0.39, 0.29) is 48.8 Å². The minimum absolute atomic E-state index is 0.0000617. The average molecular weight is 637 g/mol. The van der Waals surface area contributed by atoms with Crippen molar-refractivity contribution >= 4 is 37.4 Å². The van der Waals surface area contributed by atoms with Crippen LogP contribution in [0.1, 0.15) is 23.5 Å². The first kappa shape index (κ1) is 31.7. The normalized spacial score (nSPS) is 16.8. The number of sulfonamides is 1. The predicted molar refractivity (Wildman–Crippen MR) is 170 cm³/mol. The second kappa shape index (κ2) is 14.8. The van der Waals surface area contributed by atoms with E-state index in [2.05, 4.69) is 22.8 Å². The van der Waals surface area contributed by atoms with E-state index >= 15 is 0 Å². The van der Waals surface area contributed by atoms with Gasteiger partial charge in [-0.15, -0.1) is 11.3 Å². The number of aliphatic hydroxyl groups is 1. The maximum atomic E-state index is 13.3. The van der Waals surface area contributed by atoms with Crippen molar-refractivity contribution < 1.29 is 32.5 Å². The third kappa shape index (κ3) is 7.66. The lowest BCUT2D eigenvalue weighted by molar-refractivity contribution is -0.146. The molecule has 2 heterocycles. The van der Waals surface area contributed by atoms with Crippen LogP contribution >= 0.6 is 11.3 Å². The molecular formula is C33H36N2O7S2. The van der Waals surface area contributed by atoms with Crippen molar-refractivity contribution in [3.8, 4) is 5.75 Å². The minimum Gasteiger partial charge on any atom is -0.497 e. The van der Waals surface area contributed by atoms with Gasteiger partial charge in [0, 0.05) is 36.7 Å². The summed E-state index contributed by atoms with van der Waals surface area (Å²) in [5.74, 6) is 0.239. The number of allylic oxidation sites excluding steroid dienone is 1. The zero-order valence-electron chi connectivity index (χ0n) is 24.4. The highest BCUT2D eigenvalue weighted by atomic mass is 32.2. The summed E-state index contributed by atoms with van der Waals surface area (Å²) in [6, 6.07) is 24.1. The maximum Gasteiger partial charge on any atom is 0.286 e. The molecule has 9 nitrogen and oxygen atoms in total. The largest absolute Gasteiger partial charge is 0.497 e. The van der Waals surface area contributed by atoms with Crippen molar-refractivity contribution in [2.24, 2.45) is 0 Å². The lowest BCUT2D eigenvalue weighted by atomic mass is 9.92. The van der Waals surface area contributed by atoms with Crippen molar-refractivity contribution in [2.45, 2.75) is 29.9 Å². The van der Waals surface area contributed by atoms with Gasteiger partial charge in [0.15, 0.2) is 5.76 Å². The molecule has 1 aliphatic rings. The number of fused-ring (bicyclic) bond motifs is 1. The number of methoxy groups -OCH3 is 1. The number of aliphatic hydroxyl groups excluding tert-OH is 1. The first-order valence-corrected chi connectivity index (χ1v) is 16.7. The van der Waals surface area contributed by atoms with Crippen molar-refractivity contribution in [1.29, 1.82) is 0 Å². The zero-order valence-corrected chi connectivity index (χ0v) is 26.1. The molecule has 0 spiro atoms. The molecule has 44 heavy (non-hydrogen) atoms. The number of nitrogens with zero attached hydrogens (tertiary/aromatic N) is 1. The van der Waals surface area contributed by atoms with Gasteiger partial charge < -0.3 is 24.6 Å². The van der Waals surface area contributed by atoms with Crippen LogP contribution in [0, 0.1) is 0 Å². The molecular weight excluding hydrogens is 601 g/mol. The molecule has 0 unspecified atom stereocenters. The van der Waals surface area contributed by atoms with Gasteiger partial charge in [-0.05, 0) is 64.7 Å². The molecule has 0 fully saturated rings. The van der Waals surface area contributed by atoms with Crippen LogP contribution in [0.15, 0.2) is 101 Å². The molecule has 4 aromatic rings. The van der Waals surface area contributed by atoms with E-state index in [4.69, 9.17) is 14.2 Å². The van der Waals surface area contributed by atoms with Crippen LogP contribution in [-0.2, 0) is 30.7 Å². The molecule has 0 saturated heterocycles. The number of hydrogen-bond donors (Lipinski definition) is 2. The SMILES string of the molecule is COc1ccc(S(=O)(=O)N(CCO)CCO[C@H]2C[C@@H](c3csc4ccccc34)C=C(C(=O)NCCc3ccccc3)O2)cc1. The minimum atomic E-state index is -3.90. The van der Waals surface area contributed by atoms with Gasteiger partial charge >= 0.3 is 0 Å². The Kier molecular flexibility index (Phi) is 10.7. The molecule has 0 aliphatic carbocycles. The third-order valence-electron chi connectivity index (χ3n) is 7.42. The standard InChI is InChI=1S/C33H36N2O7S2/c1-40-26-11-13-27(14-12-26)44(38,39)35(17-19-36)18-20-41-32-22-25(29-23-43-31-10-6-5-9-28(29)31)21-30(42-32)33(37)34-16-15-24-7-3-2-4-8-24/h2-14,21,23,25,32,36H,15-20,22H2,1H3,(H,34,37)/t25-,32+/m0/s1. The molecule has 232 valence electrons. The number of benzene rings is 3. The molecule has 0 radical (unpaired) electrons. The quantitative estimate of drug-likeness (QED) is 0.207. The molecule has 0 bridgehead atoms. The van der Waals surface area contributed by atoms with Gasteiger partial charge in [0.05, 0.1) is 25.2 Å². The molecule has 1 amide bonds. The number of ether oxygens (including phenoxy) is 3. The molecule has 2 atom stereocenters. The van der Waals surface area contributed by atoms with E-state index in [1.807, 2.05) is 48.5 Å². The first-order chi connectivity index (χ1) is 21.4. The summed E-state index contributed by atoms with van der Waals surface area (Å²) >= 11 is 1.64. The highest BCUT2D eigenvalue weighted by Crippen LogP contribution is 2.38. The van der Waals surface area contributed by atoms with Crippen LogP contribution in [0.2, 0.25) is 0 Å². The van der Waals surface area contributed by atoms with Gasteiger partial charge in [0.1, 0.15) is 5.75 Å². The van der Waals surface area contributed by atoms with E-state index in [0.29, 0.717) is 25.1 Å². The zero-order chi connectivity index (χ0) is 30.9. The number of carbonyl (C=O) groups excluding carboxylic acids is 1. The summed E-state index contributed by atoms with van der Waals surface area (Å²) in [6.07, 6.45) is 2.20. The van der Waals surface area contributed by atoms with Gasteiger partial charge in [-0.25, -0.2) is 8.42 Å². The number of rotatable bonds is 14. The molecule has 0 saturated carbocycles. The van der Waals surface area contributed by atoms with Crippen LogP contribution in [0.5, 0.6) is 5.75 Å². The van der Waals surface area contributed by atoms with E-state index < -0.39 is 16.3 Å². The van der Waals surface area contributed by atoms with Crippen LogP contribution in [0.25, 0.3) is 10.1 Å². The van der Waals surface area contributed by atoms with Crippen molar-refractivity contribution in [3.63, 3.8) is 0 Å². The number of nitrogens with one attached hydrogen (secondary N) is 1. The van der Waals surface area contributed by atoms with Gasteiger partial charge in [-0.2, -0.15) is 4.31 Å². The van der Waals surface area contributed by atoms with Crippen LogP contribution in [0.4, 0.5) is 0 Å². The van der Waals surface area contributed by atoms with Gasteiger partial charge in [0.2, 0.25) is 16.3 Å². The summed E-state index contributed by atoms with van der Waals surface area (Å²) in [4.78, 5) is 13.3. The number of hydrogen-bond acceptors (Lipinski definition) is 8. The number of amides is 1. The van der Waals surface area contributed by atoms with Crippen LogP contribution < -0.4 is 10.1 Å². The monoisotopic (exact) mass is 636 g/mol. The molecule has 3 aromatic carbocycles. The summed E-state index contributed by atoms with van der Waals surface area (Å²) in [5, 5.41) is 15.8. The molecule has 5 rings (SSSR count). The Morgan fingerprint density at radius 2 is 1.80 bits per heavy atom.